The summed E-state index contributed by atoms with van der Waals surface area (Å²) in [6, 6.07) is 14.7. The van der Waals surface area contributed by atoms with E-state index in [-0.39, 0.29) is 0 Å². The monoisotopic (exact) mass is 350 g/mol. The number of methoxy groups -OCH3 is 1. The van der Waals surface area contributed by atoms with Crippen molar-refractivity contribution in [2.75, 3.05) is 7.11 Å². The van der Waals surface area contributed by atoms with Gasteiger partial charge in [0.15, 0.2) is 0 Å². The van der Waals surface area contributed by atoms with Crippen LogP contribution in [0.4, 0.5) is 0 Å². The second kappa shape index (κ2) is 6.05. The predicted molar refractivity (Wildman–Crippen MR) is 86.2 cm³/mol. The molecule has 2 rings (SSSR count). The first-order chi connectivity index (χ1) is 8.76. The van der Waals surface area contributed by atoms with E-state index in [9.17, 15) is 0 Å². The smallest absolute Gasteiger partial charge is 0.126 e. The third kappa shape index (κ3) is 2.75. The number of hydrogen-bond donors (Lipinski definition) is 0. The van der Waals surface area contributed by atoms with E-state index in [2.05, 4.69) is 65.9 Å². The van der Waals surface area contributed by atoms with Crippen LogP contribution in [-0.4, -0.2) is 7.11 Å². The first-order valence-electron chi connectivity index (χ1n) is 5.77. The van der Waals surface area contributed by atoms with Crippen LogP contribution in [0.15, 0.2) is 46.5 Å². The van der Waals surface area contributed by atoms with Gasteiger partial charge in [-0.3, -0.25) is 0 Å². The number of aryl methyl sites for hydroxylation is 1. The van der Waals surface area contributed by atoms with Crippen molar-refractivity contribution in [3.63, 3.8) is 0 Å². The highest BCUT2D eigenvalue weighted by atomic mass is 127. The Kier molecular flexibility index (Phi) is 4.42. The molecule has 0 aromatic heterocycles. The van der Waals surface area contributed by atoms with Gasteiger partial charge in [-0.05, 0) is 34.3 Å². The summed E-state index contributed by atoms with van der Waals surface area (Å²) in [6.45, 7) is 2.10. The van der Waals surface area contributed by atoms with Crippen LogP contribution < -0.4 is 4.74 Å². The molecule has 0 atom stereocenters. The normalized spacial score (nSPS) is 10.8. The van der Waals surface area contributed by atoms with Crippen LogP contribution in [-0.2, 0) is 0 Å². The summed E-state index contributed by atoms with van der Waals surface area (Å²) < 4.78 is 7.44. The third-order valence-electron chi connectivity index (χ3n) is 2.88. The van der Waals surface area contributed by atoms with Crippen molar-refractivity contribution in [2.24, 2.45) is 0 Å². The molecule has 18 heavy (non-hydrogen) atoms. The summed E-state index contributed by atoms with van der Waals surface area (Å²) >= 11 is 2.23. The van der Waals surface area contributed by atoms with Gasteiger partial charge in [0.2, 0.25) is 0 Å². The van der Waals surface area contributed by atoms with E-state index in [1.165, 1.54) is 16.7 Å². The van der Waals surface area contributed by atoms with Crippen molar-refractivity contribution in [3.8, 4) is 16.9 Å². The van der Waals surface area contributed by atoms with Crippen LogP contribution in [0.1, 0.15) is 11.1 Å². The fourth-order valence-electron chi connectivity index (χ4n) is 1.94. The molecule has 1 nitrogen and oxygen atoms in total. The van der Waals surface area contributed by atoms with Gasteiger partial charge in [-0.15, -0.1) is 0 Å². The van der Waals surface area contributed by atoms with Crippen LogP contribution >= 0.6 is 22.6 Å². The maximum absolute atomic E-state index is 5.43. The highest BCUT2D eigenvalue weighted by molar-refractivity contribution is 14.1. The fourth-order valence-corrected chi connectivity index (χ4v) is 2.30. The Hall–Kier alpha value is -1.29. The van der Waals surface area contributed by atoms with Crippen LogP contribution in [0.25, 0.3) is 17.2 Å². The molecule has 0 aliphatic carbocycles. The molecule has 0 saturated heterocycles. The van der Waals surface area contributed by atoms with Crippen molar-refractivity contribution in [2.45, 2.75) is 6.92 Å². The number of halogens is 1. The lowest BCUT2D eigenvalue weighted by Gasteiger charge is -2.11. The molecule has 0 saturated carbocycles. The molecule has 2 aromatic rings. The summed E-state index contributed by atoms with van der Waals surface area (Å²) in [6.07, 6.45) is 2.08. The van der Waals surface area contributed by atoms with Gasteiger partial charge < -0.3 is 4.74 Å². The maximum atomic E-state index is 5.43. The van der Waals surface area contributed by atoms with Gasteiger partial charge in [0.1, 0.15) is 5.75 Å². The Morgan fingerprint density at radius 3 is 2.39 bits per heavy atom. The van der Waals surface area contributed by atoms with Crippen molar-refractivity contribution >= 4 is 28.7 Å². The second-order valence-corrected chi connectivity index (χ2v) is 4.80. The third-order valence-corrected chi connectivity index (χ3v) is 3.24. The molecule has 0 unspecified atom stereocenters. The lowest BCUT2D eigenvalue weighted by Crippen LogP contribution is -1.90. The Bertz CT molecular complexity index is 556. The number of rotatable bonds is 3. The van der Waals surface area contributed by atoms with Gasteiger partial charge >= 0.3 is 0 Å². The molecule has 0 aliphatic rings. The van der Waals surface area contributed by atoms with Gasteiger partial charge in [-0.1, -0.05) is 64.6 Å². The van der Waals surface area contributed by atoms with E-state index < -0.39 is 0 Å². The van der Waals surface area contributed by atoms with Crippen molar-refractivity contribution in [3.05, 3.63) is 57.7 Å². The summed E-state index contributed by atoms with van der Waals surface area (Å²) in [5, 5.41) is 0. The number of ether oxygens (including phenoxy) is 1. The zero-order valence-corrected chi connectivity index (χ0v) is 12.6. The summed E-state index contributed by atoms with van der Waals surface area (Å²) in [4.78, 5) is 0. The van der Waals surface area contributed by atoms with Crippen LogP contribution in [0, 0.1) is 6.92 Å². The highest BCUT2D eigenvalue weighted by Gasteiger charge is 2.07. The standard InChI is InChI=1S/C16H15IO/c1-12-6-8-13(9-7-12)14-4-3-5-16(18-2)15(14)10-11-17/h3-11H,1-2H3/b11-10+. The van der Waals surface area contributed by atoms with Gasteiger partial charge in [0, 0.05) is 5.56 Å². The molecule has 0 radical (unpaired) electrons. The first-order valence-corrected chi connectivity index (χ1v) is 7.01. The van der Waals surface area contributed by atoms with Crippen molar-refractivity contribution in [1.82, 2.24) is 0 Å². The predicted octanol–water partition coefficient (Wildman–Crippen LogP) is 5.08. The second-order valence-electron chi connectivity index (χ2n) is 4.08. The summed E-state index contributed by atoms with van der Waals surface area (Å²) in [7, 11) is 1.71. The van der Waals surface area contributed by atoms with Gasteiger partial charge in [-0.2, -0.15) is 0 Å². The van der Waals surface area contributed by atoms with E-state index in [1.54, 1.807) is 7.11 Å². The molecule has 0 fully saturated rings. The van der Waals surface area contributed by atoms with Gasteiger partial charge in [0.05, 0.1) is 7.11 Å². The summed E-state index contributed by atoms with van der Waals surface area (Å²) in [5.41, 5.74) is 4.80. The molecule has 0 N–H and O–H groups in total. The minimum atomic E-state index is 0.904. The molecule has 0 heterocycles. The van der Waals surface area contributed by atoms with E-state index in [0.29, 0.717) is 0 Å². The molecule has 0 bridgehead atoms. The zero-order chi connectivity index (χ0) is 13.0. The van der Waals surface area contributed by atoms with E-state index in [4.69, 9.17) is 4.74 Å². The first kappa shape index (κ1) is 13.1. The van der Waals surface area contributed by atoms with Gasteiger partial charge in [0.25, 0.3) is 0 Å². The van der Waals surface area contributed by atoms with E-state index >= 15 is 0 Å². The number of benzene rings is 2. The lowest BCUT2D eigenvalue weighted by molar-refractivity contribution is 0.414. The molecule has 0 aliphatic heterocycles. The minimum absolute atomic E-state index is 0.904. The highest BCUT2D eigenvalue weighted by Crippen LogP contribution is 2.32. The van der Waals surface area contributed by atoms with Crippen LogP contribution in [0.3, 0.4) is 0 Å². The SMILES string of the molecule is COc1cccc(-c2ccc(C)cc2)c1/C=C/I. The average molecular weight is 350 g/mol. The molecule has 0 spiro atoms. The maximum Gasteiger partial charge on any atom is 0.126 e. The molecular formula is C16H15IO. The molecule has 0 amide bonds. The van der Waals surface area contributed by atoms with Crippen LogP contribution in [0.2, 0.25) is 0 Å². The number of hydrogen-bond acceptors (Lipinski definition) is 1. The van der Waals surface area contributed by atoms with E-state index in [1.807, 2.05) is 16.2 Å². The molecule has 92 valence electrons. The molecule has 2 aromatic carbocycles. The quantitative estimate of drug-likeness (QED) is 0.702. The molecular weight excluding hydrogens is 335 g/mol. The Morgan fingerprint density at radius 2 is 1.78 bits per heavy atom. The largest absolute Gasteiger partial charge is 0.496 e. The van der Waals surface area contributed by atoms with Crippen LogP contribution in [0.5, 0.6) is 5.75 Å². The topological polar surface area (TPSA) is 9.23 Å². The Morgan fingerprint density at radius 1 is 1.06 bits per heavy atom. The average Bonchev–Trinajstić information content (AvgIpc) is 2.40. The Balaban J connectivity index is 2.59. The fraction of sp³-hybridized carbons (Fsp3) is 0.125. The van der Waals surface area contributed by atoms with E-state index in [0.717, 1.165) is 11.3 Å². The van der Waals surface area contributed by atoms with Gasteiger partial charge in [-0.25, -0.2) is 0 Å². The lowest BCUT2D eigenvalue weighted by atomic mass is 9.98. The van der Waals surface area contributed by atoms with Crippen molar-refractivity contribution in [1.29, 1.82) is 0 Å². The molecule has 2 heteroatoms. The minimum Gasteiger partial charge on any atom is -0.496 e. The summed E-state index contributed by atoms with van der Waals surface area (Å²) in [5.74, 6) is 0.904. The Labute approximate surface area is 122 Å². The zero-order valence-electron chi connectivity index (χ0n) is 10.5. The van der Waals surface area contributed by atoms with Crippen molar-refractivity contribution < 1.29 is 4.74 Å².